The molecular weight excluding hydrogens is 248 g/mol. The number of thioether (sulfide) groups is 1. The number of para-hydroxylation sites is 1. The van der Waals surface area contributed by atoms with Gasteiger partial charge in [0.1, 0.15) is 5.82 Å². The van der Waals surface area contributed by atoms with Gasteiger partial charge in [0.2, 0.25) is 0 Å². The maximum Gasteiger partial charge on any atom is 0.278 e. The van der Waals surface area contributed by atoms with Gasteiger partial charge in [-0.15, -0.1) is 11.8 Å². The molecule has 0 aliphatic carbocycles. The summed E-state index contributed by atoms with van der Waals surface area (Å²) in [6.45, 7) is 0. The van der Waals surface area contributed by atoms with Gasteiger partial charge >= 0.3 is 0 Å². The summed E-state index contributed by atoms with van der Waals surface area (Å²) in [5, 5.41) is 0. The first-order chi connectivity index (χ1) is 8.84. The summed E-state index contributed by atoms with van der Waals surface area (Å²) in [6.07, 6.45) is 1.42. The third-order valence-corrected chi connectivity index (χ3v) is 4.04. The Morgan fingerprint density at radius 2 is 2.22 bits per heavy atom. The minimum Gasteiger partial charge on any atom is -0.311 e. The van der Waals surface area contributed by atoms with E-state index in [9.17, 15) is 4.79 Å². The Labute approximate surface area is 106 Å². The van der Waals surface area contributed by atoms with E-state index in [1.165, 1.54) is 11.2 Å². The van der Waals surface area contributed by atoms with E-state index in [-0.39, 0.29) is 5.56 Å². The normalized spacial score (nSPS) is 13.3. The van der Waals surface area contributed by atoms with E-state index in [0.29, 0.717) is 11.2 Å². The molecule has 0 atom stereocenters. The van der Waals surface area contributed by atoms with Crippen LogP contribution in [-0.2, 0) is 5.75 Å². The Morgan fingerprint density at radius 1 is 1.33 bits per heavy atom. The van der Waals surface area contributed by atoms with E-state index < -0.39 is 0 Å². The molecule has 0 amide bonds. The summed E-state index contributed by atoms with van der Waals surface area (Å²) in [6, 6.07) is 8.08. The van der Waals surface area contributed by atoms with Crippen LogP contribution < -0.4 is 5.56 Å². The second-order valence-electron chi connectivity index (χ2n) is 4.02. The third kappa shape index (κ3) is 1.20. The molecule has 0 spiro atoms. The lowest BCUT2D eigenvalue weighted by Crippen LogP contribution is -2.08. The van der Waals surface area contributed by atoms with Crippen LogP contribution in [-0.4, -0.2) is 19.5 Å². The molecule has 1 aliphatic heterocycles. The van der Waals surface area contributed by atoms with Crippen molar-refractivity contribution in [2.45, 2.75) is 10.6 Å². The van der Waals surface area contributed by atoms with Gasteiger partial charge in [0, 0.05) is 4.90 Å². The maximum absolute atomic E-state index is 11.7. The molecular formula is C12H8N4OS. The minimum atomic E-state index is -0.190. The largest absolute Gasteiger partial charge is 0.311 e. The summed E-state index contributed by atoms with van der Waals surface area (Å²) >= 11 is 1.73. The molecule has 1 aliphatic rings. The number of aromatic nitrogens is 4. The van der Waals surface area contributed by atoms with Crippen molar-refractivity contribution in [1.82, 2.24) is 19.5 Å². The first-order valence-electron chi connectivity index (χ1n) is 5.52. The van der Waals surface area contributed by atoms with Crippen LogP contribution in [0.2, 0.25) is 0 Å². The zero-order valence-electron chi connectivity index (χ0n) is 9.25. The number of nitrogens with zero attached hydrogens (tertiary/aromatic N) is 3. The summed E-state index contributed by atoms with van der Waals surface area (Å²) in [4.78, 5) is 24.1. The molecule has 0 saturated heterocycles. The van der Waals surface area contributed by atoms with Crippen molar-refractivity contribution in [2.75, 3.05) is 0 Å². The van der Waals surface area contributed by atoms with Gasteiger partial charge in [-0.25, -0.2) is 9.97 Å². The van der Waals surface area contributed by atoms with E-state index >= 15 is 0 Å². The Kier molecular flexibility index (Phi) is 1.90. The van der Waals surface area contributed by atoms with Crippen LogP contribution in [0, 0.1) is 0 Å². The second-order valence-corrected chi connectivity index (χ2v) is 5.04. The molecule has 5 nitrogen and oxygen atoms in total. The number of imidazole rings is 1. The third-order valence-electron chi connectivity index (χ3n) is 2.98. The Morgan fingerprint density at radius 3 is 3.17 bits per heavy atom. The van der Waals surface area contributed by atoms with Crippen molar-refractivity contribution in [1.29, 1.82) is 0 Å². The van der Waals surface area contributed by atoms with Crippen LogP contribution in [0.1, 0.15) is 5.82 Å². The second kappa shape index (κ2) is 3.46. The van der Waals surface area contributed by atoms with E-state index in [4.69, 9.17) is 0 Å². The van der Waals surface area contributed by atoms with Crippen molar-refractivity contribution in [2.24, 2.45) is 0 Å². The fourth-order valence-electron chi connectivity index (χ4n) is 2.21. The van der Waals surface area contributed by atoms with Crippen LogP contribution >= 0.6 is 11.8 Å². The number of H-pyrrole nitrogens is 1. The van der Waals surface area contributed by atoms with Gasteiger partial charge in [0.25, 0.3) is 5.56 Å². The van der Waals surface area contributed by atoms with E-state index in [2.05, 4.69) is 21.0 Å². The van der Waals surface area contributed by atoms with E-state index in [0.717, 1.165) is 17.3 Å². The highest BCUT2D eigenvalue weighted by atomic mass is 32.2. The highest BCUT2D eigenvalue weighted by Gasteiger charge is 2.21. The highest BCUT2D eigenvalue weighted by molar-refractivity contribution is 7.98. The van der Waals surface area contributed by atoms with Gasteiger partial charge < -0.3 is 4.98 Å². The Hall–Kier alpha value is -2.08. The molecule has 18 heavy (non-hydrogen) atoms. The molecule has 1 aromatic carbocycles. The zero-order valence-corrected chi connectivity index (χ0v) is 10.1. The molecule has 0 saturated carbocycles. The summed E-state index contributed by atoms with van der Waals surface area (Å²) in [5.41, 5.74) is 1.89. The maximum atomic E-state index is 11.7. The molecule has 3 aromatic rings. The van der Waals surface area contributed by atoms with Crippen molar-refractivity contribution >= 4 is 22.9 Å². The molecule has 0 unspecified atom stereocenters. The van der Waals surface area contributed by atoms with Gasteiger partial charge in [-0.05, 0) is 12.1 Å². The molecule has 0 radical (unpaired) electrons. The number of hydrogen-bond donors (Lipinski definition) is 1. The van der Waals surface area contributed by atoms with Crippen LogP contribution in [0.3, 0.4) is 0 Å². The van der Waals surface area contributed by atoms with Gasteiger partial charge in [-0.3, -0.25) is 9.36 Å². The van der Waals surface area contributed by atoms with Crippen molar-refractivity contribution < 1.29 is 0 Å². The van der Waals surface area contributed by atoms with Crippen molar-refractivity contribution in [3.05, 3.63) is 46.8 Å². The van der Waals surface area contributed by atoms with Crippen molar-refractivity contribution in [3.8, 4) is 5.69 Å². The lowest BCUT2D eigenvalue weighted by molar-refractivity contribution is 0.933. The SMILES string of the molecule is O=c1[nH]cnc2c1nc1n2-c2ccccc2SC1. The zero-order chi connectivity index (χ0) is 12.1. The average Bonchev–Trinajstić information content (AvgIpc) is 2.79. The van der Waals surface area contributed by atoms with Crippen LogP contribution in [0.25, 0.3) is 16.9 Å². The van der Waals surface area contributed by atoms with Gasteiger partial charge in [0.15, 0.2) is 11.2 Å². The molecule has 0 fully saturated rings. The summed E-state index contributed by atoms with van der Waals surface area (Å²) in [7, 11) is 0. The van der Waals surface area contributed by atoms with Gasteiger partial charge in [0.05, 0.1) is 17.8 Å². The predicted molar refractivity (Wildman–Crippen MR) is 69.0 cm³/mol. The fraction of sp³-hybridized carbons (Fsp3) is 0.0833. The highest BCUT2D eigenvalue weighted by Crippen LogP contribution is 2.35. The van der Waals surface area contributed by atoms with Gasteiger partial charge in [-0.2, -0.15) is 0 Å². The first kappa shape index (κ1) is 9.90. The lowest BCUT2D eigenvalue weighted by Gasteiger charge is -2.17. The lowest BCUT2D eigenvalue weighted by atomic mass is 10.3. The molecule has 2 aromatic heterocycles. The standard InChI is InChI=1S/C12H8N4OS/c17-12-10-11(13-6-14-12)16-7-3-1-2-4-8(7)18-5-9(16)15-10/h1-4,6H,5H2,(H,13,14,17). The van der Waals surface area contributed by atoms with E-state index in [1.807, 2.05) is 22.8 Å². The summed E-state index contributed by atoms with van der Waals surface area (Å²) in [5.74, 6) is 1.63. The number of aromatic amines is 1. The predicted octanol–water partition coefficient (Wildman–Crippen LogP) is 1.71. The smallest absolute Gasteiger partial charge is 0.278 e. The monoisotopic (exact) mass is 256 g/mol. The number of benzene rings is 1. The molecule has 4 rings (SSSR count). The average molecular weight is 256 g/mol. The Bertz CT molecular complexity index is 820. The topological polar surface area (TPSA) is 63.6 Å². The van der Waals surface area contributed by atoms with E-state index in [1.54, 1.807) is 11.8 Å². The van der Waals surface area contributed by atoms with Crippen LogP contribution in [0.4, 0.5) is 0 Å². The number of fused-ring (bicyclic) bond motifs is 5. The molecule has 6 heteroatoms. The molecule has 1 N–H and O–H groups in total. The fourth-order valence-corrected chi connectivity index (χ4v) is 3.17. The number of nitrogens with one attached hydrogen (secondary N) is 1. The van der Waals surface area contributed by atoms with Crippen molar-refractivity contribution in [3.63, 3.8) is 0 Å². The van der Waals surface area contributed by atoms with Crippen LogP contribution in [0.5, 0.6) is 0 Å². The number of rotatable bonds is 0. The molecule has 3 heterocycles. The molecule has 0 bridgehead atoms. The Balaban J connectivity index is 2.18. The first-order valence-corrected chi connectivity index (χ1v) is 6.50. The quantitative estimate of drug-likeness (QED) is 0.665. The van der Waals surface area contributed by atoms with Gasteiger partial charge in [-0.1, -0.05) is 12.1 Å². The summed E-state index contributed by atoms with van der Waals surface area (Å²) < 4.78 is 1.97. The molecule has 88 valence electrons. The number of hydrogen-bond acceptors (Lipinski definition) is 4. The minimum absolute atomic E-state index is 0.190. The van der Waals surface area contributed by atoms with Crippen LogP contribution in [0.15, 0.2) is 40.3 Å².